The van der Waals surface area contributed by atoms with Crippen LogP contribution in [-0.2, 0) is 16.2 Å². The summed E-state index contributed by atoms with van der Waals surface area (Å²) in [6, 6.07) is 137. The van der Waals surface area contributed by atoms with Crippen LogP contribution in [0.3, 0.4) is 0 Å². The van der Waals surface area contributed by atoms with Crippen molar-refractivity contribution >= 4 is 101 Å². The Balaban J connectivity index is 0.975. The van der Waals surface area contributed by atoms with Gasteiger partial charge in [-0.2, -0.15) is 0 Å². The van der Waals surface area contributed by atoms with E-state index in [9.17, 15) is 0 Å². The number of nitrogens with zero attached hydrogens (tertiary/aromatic N) is 4. The van der Waals surface area contributed by atoms with Crippen molar-refractivity contribution < 1.29 is 0 Å². The molecule has 1 spiro atoms. The first kappa shape index (κ1) is 64.0. The highest BCUT2D eigenvalue weighted by atomic mass is 15.2. The van der Waals surface area contributed by atoms with Crippen molar-refractivity contribution in [2.45, 2.75) is 57.8 Å². The summed E-state index contributed by atoms with van der Waals surface area (Å²) in [5.74, 6) is 0. The lowest BCUT2D eigenvalue weighted by molar-refractivity contribution is 0.590. The molecule has 16 aromatic carbocycles. The standard InChI is InChI=1S/C105H77BN4/c1-103(2,3)70-57-81(66-33-11-7-12-34-66)101(82(58-70)67-35-13-8-14-36-67)109-96-61-72(107-92-51-29-22-44-77(92)78-45-23-30-52-93(78)107)55-56-90(96)106-91-65-89-85(76-43-21-28-50-88(76)105(89)86-48-26-19-41-74(86)75-42-20-27-49-87(75)105)64-97(91)110(99-63-73(62-98(109)100(99)106)108-94-53-31-24-46-79(94)80-47-25-32-54-95(80)108)102-83(68-37-15-9-16-38-68)59-71(104(4,5)6)60-84(102)69-39-17-10-18-40-69/h7-65H,1-6H3. The molecule has 0 radical (unpaired) electrons. The van der Waals surface area contributed by atoms with E-state index in [1.165, 1.54) is 93.6 Å². The number of aromatic nitrogens is 2. The normalized spacial score (nSPS) is 13.6. The van der Waals surface area contributed by atoms with Crippen LogP contribution in [0.25, 0.3) is 122 Å². The second-order valence-corrected chi connectivity index (χ2v) is 32.6. The zero-order chi connectivity index (χ0) is 73.5. The predicted molar refractivity (Wildman–Crippen MR) is 465 cm³/mol. The lowest BCUT2D eigenvalue weighted by atomic mass is 9.33. The SMILES string of the molecule is CC(C)(C)c1cc(-c2ccccc2)c(N2c3cc(-n4c5ccccc5c5ccccc54)ccc3B3c4cc5c(cc4N(c4c(-c6ccccc6)cc(C(C)(C)C)cc4-c4ccccc4)c4cc(-n6c7ccccc7c7ccccc76)cc2c43)-c2ccccc2C52c3ccccc3-c3ccccc32)c(-c2ccccc2)c1. The number of para-hydroxylation sites is 4. The highest BCUT2D eigenvalue weighted by molar-refractivity contribution is 7.00. The highest BCUT2D eigenvalue weighted by Crippen LogP contribution is 2.65. The van der Waals surface area contributed by atoms with E-state index in [1.807, 2.05) is 0 Å². The van der Waals surface area contributed by atoms with Crippen LogP contribution in [0, 0.1) is 0 Å². The van der Waals surface area contributed by atoms with Crippen LogP contribution in [0.15, 0.2) is 358 Å². The summed E-state index contributed by atoms with van der Waals surface area (Å²) in [5.41, 5.74) is 38.1. The Morgan fingerprint density at radius 3 is 0.945 bits per heavy atom. The molecule has 2 aliphatic heterocycles. The molecular weight excluding hydrogens is 1330 g/mol. The van der Waals surface area contributed by atoms with Gasteiger partial charge in [0.2, 0.25) is 0 Å². The van der Waals surface area contributed by atoms with Gasteiger partial charge in [-0.25, -0.2) is 0 Å². The molecule has 4 nitrogen and oxygen atoms in total. The Morgan fingerprint density at radius 1 is 0.245 bits per heavy atom. The third kappa shape index (κ3) is 9.21. The van der Waals surface area contributed by atoms with Gasteiger partial charge in [-0.3, -0.25) is 0 Å². The summed E-state index contributed by atoms with van der Waals surface area (Å²) >= 11 is 0. The van der Waals surface area contributed by atoms with Gasteiger partial charge in [-0.15, -0.1) is 0 Å². The minimum atomic E-state index is -0.644. The molecule has 0 atom stereocenters. The molecule has 0 saturated carbocycles. The quantitative estimate of drug-likeness (QED) is 0.141. The van der Waals surface area contributed by atoms with Crippen molar-refractivity contribution in [2.24, 2.45) is 0 Å². The van der Waals surface area contributed by atoms with E-state index in [2.05, 4.69) is 418 Å². The molecule has 0 amide bonds. The van der Waals surface area contributed by atoms with Gasteiger partial charge in [0.25, 0.3) is 6.71 Å². The first-order chi connectivity index (χ1) is 53.9. The average Bonchev–Trinajstić information content (AvgIpc) is 1.27. The molecule has 22 rings (SSSR count). The molecule has 2 aromatic heterocycles. The zero-order valence-electron chi connectivity index (χ0n) is 62.4. The van der Waals surface area contributed by atoms with Gasteiger partial charge in [0.05, 0.1) is 44.5 Å². The summed E-state index contributed by atoms with van der Waals surface area (Å²) in [5, 5.41) is 4.85. The topological polar surface area (TPSA) is 16.3 Å². The number of hydrogen-bond acceptors (Lipinski definition) is 2. The maximum Gasteiger partial charge on any atom is 0.252 e. The number of benzene rings is 16. The molecular formula is C105H77BN4. The Hall–Kier alpha value is -13.2. The minimum absolute atomic E-state index is 0.226. The van der Waals surface area contributed by atoms with Crippen LogP contribution in [0.2, 0.25) is 0 Å². The van der Waals surface area contributed by atoms with E-state index in [-0.39, 0.29) is 17.5 Å². The zero-order valence-corrected chi connectivity index (χ0v) is 62.4. The molecule has 4 aliphatic rings. The van der Waals surface area contributed by atoms with E-state index in [0.29, 0.717) is 0 Å². The Bertz CT molecular complexity index is 6590. The summed E-state index contributed by atoms with van der Waals surface area (Å²) in [7, 11) is 0. The maximum atomic E-state index is 2.78. The Morgan fingerprint density at radius 2 is 0.564 bits per heavy atom. The molecule has 0 bridgehead atoms. The van der Waals surface area contributed by atoms with Gasteiger partial charge >= 0.3 is 0 Å². The van der Waals surface area contributed by atoms with Crippen LogP contribution >= 0.6 is 0 Å². The van der Waals surface area contributed by atoms with Gasteiger partial charge in [0.1, 0.15) is 0 Å². The molecule has 18 aromatic rings. The van der Waals surface area contributed by atoms with Crippen LogP contribution in [0.4, 0.5) is 34.1 Å². The molecule has 110 heavy (non-hydrogen) atoms. The van der Waals surface area contributed by atoms with Crippen molar-refractivity contribution in [1.82, 2.24) is 9.13 Å². The first-order valence-electron chi connectivity index (χ1n) is 38.8. The van der Waals surface area contributed by atoms with Crippen LogP contribution in [0.1, 0.15) is 74.9 Å². The number of rotatable bonds is 8. The van der Waals surface area contributed by atoms with Crippen molar-refractivity contribution in [3.05, 3.63) is 391 Å². The molecule has 0 unspecified atom stereocenters. The second kappa shape index (κ2) is 23.9. The van der Waals surface area contributed by atoms with Gasteiger partial charge in [0.15, 0.2) is 0 Å². The van der Waals surface area contributed by atoms with Gasteiger partial charge in [-0.05, 0) is 184 Å². The maximum absolute atomic E-state index is 2.78. The van der Waals surface area contributed by atoms with E-state index in [4.69, 9.17) is 0 Å². The van der Waals surface area contributed by atoms with Crippen molar-refractivity contribution in [3.63, 3.8) is 0 Å². The Labute approximate surface area is 642 Å². The smallest absolute Gasteiger partial charge is 0.252 e. The predicted octanol–water partition coefficient (Wildman–Crippen LogP) is 25.6. The van der Waals surface area contributed by atoms with E-state index in [0.717, 1.165) is 112 Å². The lowest BCUT2D eigenvalue weighted by Gasteiger charge is -2.46. The fourth-order valence-electron chi connectivity index (χ4n) is 19.7. The fraction of sp³-hybridized carbons (Fsp3) is 0.0857. The third-order valence-corrected chi connectivity index (χ3v) is 24.6. The van der Waals surface area contributed by atoms with E-state index in [1.54, 1.807) is 0 Å². The monoisotopic (exact) mass is 1400 g/mol. The van der Waals surface area contributed by atoms with E-state index >= 15 is 0 Å². The van der Waals surface area contributed by atoms with Gasteiger partial charge < -0.3 is 18.9 Å². The van der Waals surface area contributed by atoms with Crippen molar-refractivity contribution in [2.75, 3.05) is 9.80 Å². The number of fused-ring (bicyclic) bond motifs is 20. The number of anilines is 6. The minimum Gasteiger partial charge on any atom is -0.310 e. The highest BCUT2D eigenvalue weighted by Gasteiger charge is 2.54. The number of hydrogen-bond donors (Lipinski definition) is 0. The van der Waals surface area contributed by atoms with Gasteiger partial charge in [0, 0.05) is 72.2 Å². The Kier molecular flexibility index (Phi) is 13.9. The summed E-state index contributed by atoms with van der Waals surface area (Å²) < 4.78 is 5.09. The summed E-state index contributed by atoms with van der Waals surface area (Å²) in [6.07, 6.45) is 0. The molecule has 0 N–H and O–H groups in total. The van der Waals surface area contributed by atoms with Crippen molar-refractivity contribution in [3.8, 4) is 78.1 Å². The first-order valence-corrected chi connectivity index (χ1v) is 38.8. The summed E-state index contributed by atoms with van der Waals surface area (Å²) in [6.45, 7) is 13.9. The molecule has 4 heterocycles. The lowest BCUT2D eigenvalue weighted by Crippen LogP contribution is -2.61. The average molecular weight is 1410 g/mol. The van der Waals surface area contributed by atoms with Crippen LogP contribution in [-0.4, -0.2) is 15.8 Å². The van der Waals surface area contributed by atoms with Crippen LogP contribution in [0.5, 0.6) is 0 Å². The van der Waals surface area contributed by atoms with Crippen molar-refractivity contribution in [1.29, 1.82) is 0 Å². The third-order valence-electron chi connectivity index (χ3n) is 24.6. The van der Waals surface area contributed by atoms with Crippen LogP contribution < -0.4 is 26.2 Å². The fourth-order valence-corrected chi connectivity index (χ4v) is 19.7. The molecule has 0 saturated heterocycles. The molecule has 520 valence electrons. The largest absolute Gasteiger partial charge is 0.310 e. The van der Waals surface area contributed by atoms with E-state index < -0.39 is 5.41 Å². The molecule has 0 fully saturated rings. The second-order valence-electron chi connectivity index (χ2n) is 32.6. The molecule has 5 heteroatoms. The summed E-state index contributed by atoms with van der Waals surface area (Å²) in [4.78, 5) is 5.53. The molecule has 2 aliphatic carbocycles. The van der Waals surface area contributed by atoms with Gasteiger partial charge in [-0.1, -0.05) is 321 Å².